The Morgan fingerprint density at radius 2 is 2.00 bits per heavy atom. The Kier molecular flexibility index (Phi) is 4.33. The summed E-state index contributed by atoms with van der Waals surface area (Å²) in [7, 11) is 1.44. The largest absolute Gasteiger partial charge is 0.467 e. The maximum Gasteiger partial charge on any atom is 0.331 e. The monoisotopic (exact) mass is 277 g/mol. The molecule has 4 nitrogen and oxygen atoms in total. The SMILES string of the molecule is COC(=O)C1(Nc2cccc(C)c2)CC(C)OC(C)C1. The summed E-state index contributed by atoms with van der Waals surface area (Å²) < 4.78 is 10.8. The summed E-state index contributed by atoms with van der Waals surface area (Å²) in [5.74, 6) is -0.221. The van der Waals surface area contributed by atoms with Gasteiger partial charge in [-0.05, 0) is 38.5 Å². The third-order valence-electron chi connectivity index (χ3n) is 3.71. The predicted molar refractivity (Wildman–Crippen MR) is 78.8 cm³/mol. The predicted octanol–water partition coefficient (Wildman–Crippen LogP) is 2.91. The zero-order valence-electron chi connectivity index (χ0n) is 12.6. The quantitative estimate of drug-likeness (QED) is 0.863. The second-order valence-electron chi connectivity index (χ2n) is 5.73. The van der Waals surface area contributed by atoms with Crippen LogP contribution in [-0.4, -0.2) is 30.8 Å². The zero-order valence-corrected chi connectivity index (χ0v) is 12.6. The molecule has 4 heteroatoms. The number of esters is 1. The fourth-order valence-corrected chi connectivity index (χ4v) is 3.07. The molecular weight excluding hydrogens is 254 g/mol. The second-order valence-corrected chi connectivity index (χ2v) is 5.73. The van der Waals surface area contributed by atoms with Gasteiger partial charge in [-0.15, -0.1) is 0 Å². The Hall–Kier alpha value is -1.55. The van der Waals surface area contributed by atoms with Gasteiger partial charge in [0, 0.05) is 18.5 Å². The van der Waals surface area contributed by atoms with Crippen molar-refractivity contribution in [2.45, 2.75) is 51.4 Å². The van der Waals surface area contributed by atoms with Gasteiger partial charge in [0.1, 0.15) is 5.54 Å². The van der Waals surface area contributed by atoms with E-state index in [2.05, 4.69) is 5.32 Å². The van der Waals surface area contributed by atoms with Crippen molar-refractivity contribution in [1.29, 1.82) is 0 Å². The van der Waals surface area contributed by atoms with Crippen molar-refractivity contribution in [3.8, 4) is 0 Å². The molecule has 0 spiro atoms. The maximum atomic E-state index is 12.3. The fourth-order valence-electron chi connectivity index (χ4n) is 3.07. The lowest BCUT2D eigenvalue weighted by Crippen LogP contribution is -2.55. The standard InChI is InChI=1S/C16H23NO3/c1-11-6-5-7-14(8-11)17-16(15(18)19-4)9-12(2)20-13(3)10-16/h5-8,12-13,17H,9-10H2,1-4H3. The zero-order chi connectivity index (χ0) is 14.8. The number of anilines is 1. The van der Waals surface area contributed by atoms with Crippen LogP contribution in [0.15, 0.2) is 24.3 Å². The topological polar surface area (TPSA) is 47.6 Å². The van der Waals surface area contributed by atoms with Crippen LogP contribution in [0.4, 0.5) is 5.69 Å². The van der Waals surface area contributed by atoms with E-state index in [9.17, 15) is 4.79 Å². The van der Waals surface area contributed by atoms with E-state index in [4.69, 9.17) is 9.47 Å². The lowest BCUT2D eigenvalue weighted by molar-refractivity contribution is -0.154. The highest BCUT2D eigenvalue weighted by atomic mass is 16.5. The van der Waals surface area contributed by atoms with Crippen molar-refractivity contribution >= 4 is 11.7 Å². The van der Waals surface area contributed by atoms with E-state index in [1.165, 1.54) is 7.11 Å². The first-order valence-electron chi connectivity index (χ1n) is 7.04. The maximum absolute atomic E-state index is 12.3. The van der Waals surface area contributed by atoms with Gasteiger partial charge in [0.25, 0.3) is 0 Å². The molecule has 1 aromatic carbocycles. The molecular formula is C16H23NO3. The number of hydrogen-bond acceptors (Lipinski definition) is 4. The average Bonchev–Trinajstić information content (AvgIpc) is 2.36. The van der Waals surface area contributed by atoms with Crippen molar-refractivity contribution in [2.75, 3.05) is 12.4 Å². The van der Waals surface area contributed by atoms with Gasteiger partial charge in [0.15, 0.2) is 0 Å². The Labute approximate surface area is 120 Å². The van der Waals surface area contributed by atoms with Crippen LogP contribution < -0.4 is 5.32 Å². The summed E-state index contributed by atoms with van der Waals surface area (Å²) in [6.45, 7) is 6.02. The average molecular weight is 277 g/mol. The lowest BCUT2D eigenvalue weighted by atomic mass is 9.83. The molecule has 20 heavy (non-hydrogen) atoms. The molecule has 1 saturated heterocycles. The molecule has 0 saturated carbocycles. The molecule has 0 aromatic heterocycles. The summed E-state index contributed by atoms with van der Waals surface area (Å²) in [5, 5.41) is 3.39. The molecule has 2 atom stereocenters. The number of aryl methyl sites for hydroxylation is 1. The molecule has 1 aliphatic rings. The molecule has 1 aliphatic heterocycles. The highest BCUT2D eigenvalue weighted by Gasteiger charge is 2.45. The smallest absolute Gasteiger partial charge is 0.331 e. The Morgan fingerprint density at radius 1 is 1.35 bits per heavy atom. The third-order valence-corrected chi connectivity index (χ3v) is 3.71. The molecule has 1 aromatic rings. The number of benzene rings is 1. The molecule has 2 rings (SSSR count). The number of ether oxygens (including phenoxy) is 2. The molecule has 110 valence electrons. The number of carbonyl (C=O) groups is 1. The highest BCUT2D eigenvalue weighted by molar-refractivity contribution is 5.84. The van der Waals surface area contributed by atoms with Gasteiger partial charge in [0.05, 0.1) is 19.3 Å². The van der Waals surface area contributed by atoms with Crippen molar-refractivity contribution < 1.29 is 14.3 Å². The molecule has 0 aliphatic carbocycles. The summed E-state index contributed by atoms with van der Waals surface area (Å²) >= 11 is 0. The van der Waals surface area contributed by atoms with Gasteiger partial charge in [-0.1, -0.05) is 12.1 Å². The van der Waals surface area contributed by atoms with Crippen LogP contribution in [0.25, 0.3) is 0 Å². The van der Waals surface area contributed by atoms with Crippen molar-refractivity contribution in [3.05, 3.63) is 29.8 Å². The highest BCUT2D eigenvalue weighted by Crippen LogP contribution is 2.33. The van der Waals surface area contributed by atoms with Crippen LogP contribution in [0.1, 0.15) is 32.3 Å². The summed E-state index contributed by atoms with van der Waals surface area (Å²) in [6.07, 6.45) is 1.26. The third kappa shape index (κ3) is 3.12. The second kappa shape index (κ2) is 5.83. The van der Waals surface area contributed by atoms with Crippen LogP contribution in [0.3, 0.4) is 0 Å². The first-order chi connectivity index (χ1) is 9.45. The van der Waals surface area contributed by atoms with E-state index in [0.29, 0.717) is 12.8 Å². The van der Waals surface area contributed by atoms with E-state index >= 15 is 0 Å². The van der Waals surface area contributed by atoms with E-state index < -0.39 is 5.54 Å². The summed E-state index contributed by atoms with van der Waals surface area (Å²) in [6, 6.07) is 8.03. The normalized spacial score (nSPS) is 29.8. The Bertz CT molecular complexity index is 476. The van der Waals surface area contributed by atoms with E-state index in [1.54, 1.807) is 0 Å². The first kappa shape index (κ1) is 14.9. The molecule has 2 unspecified atom stereocenters. The molecule has 1 fully saturated rings. The van der Waals surface area contributed by atoms with Gasteiger partial charge in [-0.2, -0.15) is 0 Å². The van der Waals surface area contributed by atoms with Gasteiger partial charge < -0.3 is 14.8 Å². The summed E-state index contributed by atoms with van der Waals surface area (Å²) in [4.78, 5) is 12.3. The number of methoxy groups -OCH3 is 1. The van der Waals surface area contributed by atoms with Crippen LogP contribution in [-0.2, 0) is 14.3 Å². The van der Waals surface area contributed by atoms with Gasteiger partial charge in [-0.25, -0.2) is 4.79 Å². The van der Waals surface area contributed by atoms with Crippen LogP contribution >= 0.6 is 0 Å². The lowest BCUT2D eigenvalue weighted by Gasteiger charge is -2.41. The molecule has 1 heterocycles. The van der Waals surface area contributed by atoms with Crippen LogP contribution in [0.5, 0.6) is 0 Å². The molecule has 1 N–H and O–H groups in total. The molecule has 0 bridgehead atoms. The van der Waals surface area contributed by atoms with Crippen molar-refractivity contribution in [3.63, 3.8) is 0 Å². The Morgan fingerprint density at radius 3 is 2.55 bits per heavy atom. The minimum atomic E-state index is -0.709. The minimum absolute atomic E-state index is 0.0233. The molecule has 0 radical (unpaired) electrons. The summed E-state index contributed by atoms with van der Waals surface area (Å²) in [5.41, 5.74) is 1.39. The van der Waals surface area contributed by atoms with E-state index in [0.717, 1.165) is 11.3 Å². The first-order valence-corrected chi connectivity index (χ1v) is 7.04. The number of nitrogens with one attached hydrogen (secondary N) is 1. The fraction of sp³-hybridized carbons (Fsp3) is 0.562. The Balaban J connectivity index is 2.30. The van der Waals surface area contributed by atoms with Crippen molar-refractivity contribution in [1.82, 2.24) is 0 Å². The van der Waals surface area contributed by atoms with Gasteiger partial charge in [-0.3, -0.25) is 0 Å². The van der Waals surface area contributed by atoms with E-state index in [1.807, 2.05) is 45.0 Å². The van der Waals surface area contributed by atoms with Gasteiger partial charge in [0.2, 0.25) is 0 Å². The van der Waals surface area contributed by atoms with Crippen molar-refractivity contribution in [2.24, 2.45) is 0 Å². The number of hydrogen-bond donors (Lipinski definition) is 1. The van der Waals surface area contributed by atoms with Crippen LogP contribution in [0, 0.1) is 6.92 Å². The van der Waals surface area contributed by atoms with E-state index in [-0.39, 0.29) is 18.2 Å². The van der Waals surface area contributed by atoms with Gasteiger partial charge >= 0.3 is 5.97 Å². The number of rotatable bonds is 3. The molecule has 0 amide bonds. The van der Waals surface area contributed by atoms with Crippen LogP contribution in [0.2, 0.25) is 0 Å². The number of carbonyl (C=O) groups excluding carboxylic acids is 1. The minimum Gasteiger partial charge on any atom is -0.467 e.